The van der Waals surface area contributed by atoms with E-state index in [2.05, 4.69) is 0 Å². The van der Waals surface area contributed by atoms with Gasteiger partial charge in [-0.1, -0.05) is 35.9 Å². The Labute approximate surface area is 159 Å². The number of ether oxygens (including phenoxy) is 1. The molecule has 0 aliphatic rings. The third-order valence-corrected chi connectivity index (χ3v) is 5.17. The molecule has 0 unspecified atom stereocenters. The molecule has 2 rings (SSSR count). The zero-order valence-electron chi connectivity index (χ0n) is 14.8. The summed E-state index contributed by atoms with van der Waals surface area (Å²) in [7, 11) is -0.592. The average molecular weight is 397 g/mol. The van der Waals surface area contributed by atoms with Gasteiger partial charge in [0.2, 0.25) is 15.9 Å². The molecule has 0 heterocycles. The lowest BCUT2D eigenvalue weighted by Gasteiger charge is -2.26. The van der Waals surface area contributed by atoms with E-state index in [0.29, 0.717) is 23.0 Å². The molecule has 0 saturated carbocycles. The van der Waals surface area contributed by atoms with E-state index in [0.717, 1.165) is 16.1 Å². The van der Waals surface area contributed by atoms with E-state index >= 15 is 0 Å². The minimum atomic E-state index is -3.67. The van der Waals surface area contributed by atoms with E-state index in [1.54, 1.807) is 43.4 Å². The molecule has 2 aromatic rings. The van der Waals surface area contributed by atoms with Crippen molar-refractivity contribution in [1.29, 1.82) is 0 Å². The summed E-state index contributed by atoms with van der Waals surface area (Å²) in [5.74, 6) is 0.0439. The lowest BCUT2D eigenvalue weighted by molar-refractivity contribution is -0.128. The normalized spacial score (nSPS) is 11.1. The molecule has 8 heteroatoms. The SMILES string of the molecule is COc1ccccc1N(CC(=O)N(C)Cc1ccc(Cl)cc1)S(C)(=O)=O. The second kappa shape index (κ2) is 8.42. The third kappa shape index (κ3) is 5.12. The first-order chi connectivity index (χ1) is 12.2. The summed E-state index contributed by atoms with van der Waals surface area (Å²) >= 11 is 5.86. The van der Waals surface area contributed by atoms with E-state index in [1.165, 1.54) is 12.0 Å². The molecule has 0 bridgehead atoms. The van der Waals surface area contributed by atoms with Gasteiger partial charge in [0.1, 0.15) is 12.3 Å². The van der Waals surface area contributed by atoms with Gasteiger partial charge in [-0.3, -0.25) is 9.10 Å². The van der Waals surface area contributed by atoms with E-state index in [4.69, 9.17) is 16.3 Å². The number of amides is 1. The van der Waals surface area contributed by atoms with Gasteiger partial charge in [0.25, 0.3) is 0 Å². The highest BCUT2D eigenvalue weighted by atomic mass is 35.5. The van der Waals surface area contributed by atoms with Gasteiger partial charge in [-0.05, 0) is 29.8 Å². The molecular formula is C18H21ClN2O4S. The zero-order chi connectivity index (χ0) is 19.3. The summed E-state index contributed by atoms with van der Waals surface area (Å²) in [6.45, 7) is 0.0306. The van der Waals surface area contributed by atoms with Crippen LogP contribution in [0.15, 0.2) is 48.5 Å². The molecule has 0 saturated heterocycles. The Morgan fingerprint density at radius 2 is 1.73 bits per heavy atom. The van der Waals surface area contributed by atoms with Gasteiger partial charge < -0.3 is 9.64 Å². The highest BCUT2D eigenvalue weighted by Crippen LogP contribution is 2.29. The Bertz CT molecular complexity index is 869. The fourth-order valence-corrected chi connectivity index (χ4v) is 3.39. The number of nitrogens with zero attached hydrogens (tertiary/aromatic N) is 2. The molecule has 0 aliphatic carbocycles. The number of hydrogen-bond donors (Lipinski definition) is 0. The molecule has 0 aliphatic heterocycles. The average Bonchev–Trinajstić information content (AvgIpc) is 2.60. The van der Waals surface area contributed by atoms with Crippen LogP contribution in [0, 0.1) is 0 Å². The van der Waals surface area contributed by atoms with Crippen molar-refractivity contribution in [2.75, 3.05) is 31.3 Å². The Kier molecular flexibility index (Phi) is 6.50. The maximum absolute atomic E-state index is 12.6. The van der Waals surface area contributed by atoms with Crippen molar-refractivity contribution < 1.29 is 17.9 Å². The van der Waals surface area contributed by atoms with Gasteiger partial charge in [0.15, 0.2) is 0 Å². The monoisotopic (exact) mass is 396 g/mol. The van der Waals surface area contributed by atoms with Crippen LogP contribution >= 0.6 is 11.6 Å². The molecule has 0 fully saturated rings. The highest BCUT2D eigenvalue weighted by molar-refractivity contribution is 7.92. The summed E-state index contributed by atoms with van der Waals surface area (Å²) in [6.07, 6.45) is 1.06. The van der Waals surface area contributed by atoms with Crippen molar-refractivity contribution in [2.45, 2.75) is 6.54 Å². The van der Waals surface area contributed by atoms with Crippen molar-refractivity contribution >= 4 is 33.2 Å². The number of rotatable bonds is 7. The Morgan fingerprint density at radius 3 is 2.31 bits per heavy atom. The van der Waals surface area contributed by atoms with Crippen LogP contribution in [-0.2, 0) is 21.4 Å². The van der Waals surface area contributed by atoms with Crippen molar-refractivity contribution in [2.24, 2.45) is 0 Å². The largest absolute Gasteiger partial charge is 0.495 e. The van der Waals surface area contributed by atoms with Crippen LogP contribution in [0.3, 0.4) is 0 Å². The molecule has 0 atom stereocenters. The second-order valence-electron chi connectivity index (χ2n) is 5.82. The van der Waals surface area contributed by atoms with Crippen molar-refractivity contribution in [3.05, 3.63) is 59.1 Å². The fourth-order valence-electron chi connectivity index (χ4n) is 2.41. The summed E-state index contributed by atoms with van der Waals surface area (Å²) < 4.78 is 30.8. The summed E-state index contributed by atoms with van der Waals surface area (Å²) in [6, 6.07) is 13.8. The number of anilines is 1. The molecule has 0 aromatic heterocycles. The van der Waals surface area contributed by atoms with E-state index in [9.17, 15) is 13.2 Å². The van der Waals surface area contributed by atoms with Crippen LogP contribution in [-0.4, -0.2) is 46.2 Å². The van der Waals surface area contributed by atoms with Crippen LogP contribution in [0.25, 0.3) is 0 Å². The minimum Gasteiger partial charge on any atom is -0.495 e. The lowest BCUT2D eigenvalue weighted by atomic mass is 10.2. The predicted octanol–water partition coefficient (Wildman–Crippen LogP) is 2.77. The lowest BCUT2D eigenvalue weighted by Crippen LogP contribution is -2.41. The van der Waals surface area contributed by atoms with Crippen molar-refractivity contribution in [3.8, 4) is 5.75 Å². The molecule has 0 spiro atoms. The number of likely N-dealkylation sites (N-methyl/N-ethyl adjacent to an activating group) is 1. The molecule has 0 N–H and O–H groups in total. The van der Waals surface area contributed by atoms with E-state index in [1.807, 2.05) is 12.1 Å². The molecular weight excluding hydrogens is 376 g/mol. The van der Waals surface area contributed by atoms with Crippen LogP contribution in [0.5, 0.6) is 5.75 Å². The molecule has 140 valence electrons. The van der Waals surface area contributed by atoms with Gasteiger partial charge in [0, 0.05) is 18.6 Å². The van der Waals surface area contributed by atoms with Crippen LogP contribution in [0.4, 0.5) is 5.69 Å². The quantitative estimate of drug-likeness (QED) is 0.721. The van der Waals surface area contributed by atoms with Gasteiger partial charge in [0.05, 0.1) is 19.1 Å². The van der Waals surface area contributed by atoms with Gasteiger partial charge >= 0.3 is 0 Å². The number of para-hydroxylation sites is 2. The zero-order valence-corrected chi connectivity index (χ0v) is 16.4. The number of carbonyl (C=O) groups excluding carboxylic acids is 1. The number of hydrogen-bond acceptors (Lipinski definition) is 4. The van der Waals surface area contributed by atoms with Gasteiger partial charge in [-0.2, -0.15) is 0 Å². The summed E-state index contributed by atoms with van der Waals surface area (Å²) in [5.41, 5.74) is 1.22. The first-order valence-corrected chi connectivity index (χ1v) is 10.0. The van der Waals surface area contributed by atoms with E-state index < -0.39 is 10.0 Å². The topological polar surface area (TPSA) is 66.9 Å². The molecule has 0 radical (unpaired) electrons. The Balaban J connectivity index is 2.20. The van der Waals surface area contributed by atoms with Crippen molar-refractivity contribution in [3.63, 3.8) is 0 Å². The summed E-state index contributed by atoms with van der Waals surface area (Å²) in [4.78, 5) is 14.1. The number of carbonyl (C=O) groups is 1. The number of benzene rings is 2. The molecule has 1 amide bonds. The van der Waals surface area contributed by atoms with E-state index in [-0.39, 0.29) is 12.5 Å². The van der Waals surface area contributed by atoms with Crippen LogP contribution in [0.2, 0.25) is 5.02 Å². The number of halogens is 1. The fraction of sp³-hybridized carbons (Fsp3) is 0.278. The first-order valence-electron chi connectivity index (χ1n) is 7.81. The van der Waals surface area contributed by atoms with Gasteiger partial charge in [-0.15, -0.1) is 0 Å². The second-order valence-corrected chi connectivity index (χ2v) is 8.16. The Hall–Kier alpha value is -2.25. The van der Waals surface area contributed by atoms with Crippen LogP contribution in [0.1, 0.15) is 5.56 Å². The highest BCUT2D eigenvalue weighted by Gasteiger charge is 2.25. The standard InChI is InChI=1S/C18H21ClN2O4S/c1-20(12-14-8-10-15(19)11-9-14)18(22)13-21(26(3,23)24)16-6-4-5-7-17(16)25-2/h4-11H,12-13H2,1-3H3. The predicted molar refractivity (Wildman–Crippen MR) is 103 cm³/mol. The van der Waals surface area contributed by atoms with Gasteiger partial charge in [-0.25, -0.2) is 8.42 Å². The Morgan fingerprint density at radius 1 is 1.12 bits per heavy atom. The maximum Gasteiger partial charge on any atom is 0.243 e. The number of sulfonamides is 1. The summed E-state index contributed by atoms with van der Waals surface area (Å²) in [5, 5.41) is 0.613. The first kappa shape index (κ1) is 20.1. The smallest absolute Gasteiger partial charge is 0.243 e. The minimum absolute atomic E-state index is 0.316. The molecule has 26 heavy (non-hydrogen) atoms. The molecule has 2 aromatic carbocycles. The third-order valence-electron chi connectivity index (χ3n) is 3.79. The number of methoxy groups -OCH3 is 1. The maximum atomic E-state index is 12.6. The van der Waals surface area contributed by atoms with Crippen LogP contribution < -0.4 is 9.04 Å². The molecule has 6 nitrogen and oxygen atoms in total. The van der Waals surface area contributed by atoms with Crippen molar-refractivity contribution in [1.82, 2.24) is 4.90 Å².